The van der Waals surface area contributed by atoms with Gasteiger partial charge in [-0.2, -0.15) is 0 Å². The number of methoxy groups -OCH3 is 1. The van der Waals surface area contributed by atoms with Gasteiger partial charge >= 0.3 is 0 Å². The van der Waals surface area contributed by atoms with E-state index < -0.39 is 0 Å². The van der Waals surface area contributed by atoms with Gasteiger partial charge in [-0.25, -0.2) is 0 Å². The van der Waals surface area contributed by atoms with E-state index in [9.17, 15) is 0 Å². The highest BCUT2D eigenvalue weighted by Crippen LogP contribution is 2.38. The molecule has 12 fully saturated rings. The van der Waals surface area contributed by atoms with E-state index in [1.165, 1.54) is 303 Å². The fourth-order valence-electron chi connectivity index (χ4n) is 21.9. The Morgan fingerprint density at radius 3 is 1.06 bits per heavy atom. The Hall–Kier alpha value is -1.26. The van der Waals surface area contributed by atoms with Crippen molar-refractivity contribution in [2.24, 2.45) is 50.7 Å². The molecule has 740 valence electrons. The summed E-state index contributed by atoms with van der Waals surface area (Å²) in [5.74, 6) is 3.79. The van der Waals surface area contributed by atoms with Gasteiger partial charge in [0.05, 0.1) is 6.61 Å². The molecule has 11 heterocycles. The molecule has 1 aromatic rings. The average molecular weight is 1760 g/mol. The number of nitrogens with one attached hydrogen (secondary N) is 2. The van der Waals surface area contributed by atoms with E-state index >= 15 is 0 Å². The van der Waals surface area contributed by atoms with Crippen molar-refractivity contribution in [3.63, 3.8) is 0 Å². The molecule has 12 heteroatoms. The van der Waals surface area contributed by atoms with Crippen molar-refractivity contribution < 1.29 is 4.74 Å². The van der Waals surface area contributed by atoms with E-state index in [1.54, 1.807) is 7.11 Å². The maximum Gasteiger partial charge on any atom is 0.0618 e. The second-order valence-corrected chi connectivity index (χ2v) is 53.0. The van der Waals surface area contributed by atoms with Gasteiger partial charge < -0.3 is 20.3 Å². The molecule has 11 aliphatic heterocycles. The van der Waals surface area contributed by atoms with Crippen molar-refractivity contribution in [3.05, 3.63) is 35.9 Å². The first-order valence-electron chi connectivity index (χ1n) is 53.4. The highest BCUT2D eigenvalue weighted by atomic mass is 16.5. The van der Waals surface area contributed by atoms with Gasteiger partial charge in [-0.1, -0.05) is 193 Å². The van der Waals surface area contributed by atoms with Crippen LogP contribution in [-0.2, 0) is 11.3 Å². The number of hydrogen-bond donors (Lipinski definition) is 2. The lowest BCUT2D eigenvalue weighted by molar-refractivity contribution is 0.0604. The number of nitrogens with zero attached hydrogens (tertiary/aromatic N) is 9. The molecule has 11 saturated heterocycles. The molecule has 1 saturated carbocycles. The van der Waals surface area contributed by atoms with Crippen LogP contribution in [0.15, 0.2) is 30.3 Å². The quantitative estimate of drug-likeness (QED) is 0.273. The van der Waals surface area contributed by atoms with Gasteiger partial charge in [0.1, 0.15) is 0 Å². The van der Waals surface area contributed by atoms with Crippen molar-refractivity contribution in [2.45, 2.75) is 511 Å². The molecule has 13 rings (SSSR count). The normalized spacial score (nSPS) is 27.0. The van der Waals surface area contributed by atoms with Crippen LogP contribution >= 0.6 is 0 Å². The first-order chi connectivity index (χ1) is 57.7. The Kier molecular flexibility index (Phi) is 52.5. The Bertz CT molecular complexity index is 2750. The van der Waals surface area contributed by atoms with Gasteiger partial charge in [0, 0.05) is 109 Å². The first kappa shape index (κ1) is 118. The molecule has 0 radical (unpaired) electrons. The minimum atomic E-state index is 0.305. The third-order valence-corrected chi connectivity index (χ3v) is 30.1. The molecule has 12 aliphatic rings. The van der Waals surface area contributed by atoms with E-state index in [0.29, 0.717) is 66.4 Å². The number of benzene rings is 1. The molecule has 0 aromatic heterocycles. The molecule has 0 spiro atoms. The van der Waals surface area contributed by atoms with Gasteiger partial charge in [-0.05, 0) is 421 Å². The predicted molar refractivity (Wildman–Crippen MR) is 557 cm³/mol. The van der Waals surface area contributed by atoms with E-state index in [-0.39, 0.29) is 0 Å². The van der Waals surface area contributed by atoms with E-state index in [0.717, 1.165) is 67.0 Å². The lowest BCUT2D eigenvalue weighted by Gasteiger charge is -2.41. The Balaban J connectivity index is 0.000000357. The summed E-state index contributed by atoms with van der Waals surface area (Å²) in [6.45, 7) is 108. The Morgan fingerprint density at radius 2 is 0.696 bits per heavy atom. The summed E-state index contributed by atoms with van der Waals surface area (Å²) in [7, 11) is 4.03. The molecule has 0 amide bonds. The molecule has 0 bridgehead atoms. The lowest BCUT2D eigenvalue weighted by Crippen LogP contribution is -2.47. The van der Waals surface area contributed by atoms with Gasteiger partial charge in [0.2, 0.25) is 0 Å². The second kappa shape index (κ2) is 55.7. The zero-order valence-corrected chi connectivity index (χ0v) is 92.0. The summed E-state index contributed by atoms with van der Waals surface area (Å²) in [6, 6.07) is 15.4. The van der Waals surface area contributed by atoms with Crippen LogP contribution in [0.2, 0.25) is 0 Å². The highest BCUT2D eigenvalue weighted by molar-refractivity contribution is 5.15. The first-order valence-corrected chi connectivity index (χ1v) is 53.4. The smallest absolute Gasteiger partial charge is 0.0618 e. The van der Waals surface area contributed by atoms with Crippen molar-refractivity contribution in [1.29, 1.82) is 0 Å². The number of piperidine rings is 4. The second-order valence-electron chi connectivity index (χ2n) is 53.0. The zero-order valence-electron chi connectivity index (χ0n) is 92.0. The minimum absolute atomic E-state index is 0.305. The van der Waals surface area contributed by atoms with Crippen LogP contribution in [0.5, 0.6) is 0 Å². The molecular weight excluding hydrogens is 1530 g/mol. The summed E-state index contributed by atoms with van der Waals surface area (Å²) in [5.41, 5.74) is 6.02. The fourth-order valence-corrected chi connectivity index (χ4v) is 21.9. The van der Waals surface area contributed by atoms with Crippen LogP contribution < -0.4 is 10.6 Å². The third kappa shape index (κ3) is 48.2. The van der Waals surface area contributed by atoms with Gasteiger partial charge in [0.25, 0.3) is 0 Å². The van der Waals surface area contributed by atoms with Crippen LogP contribution in [0, 0.1) is 50.7 Å². The number of likely N-dealkylation sites (tertiary alicyclic amines) is 9. The van der Waals surface area contributed by atoms with Crippen LogP contribution in [0.3, 0.4) is 0 Å². The van der Waals surface area contributed by atoms with E-state index in [2.05, 4.69) is 341 Å². The monoisotopic (exact) mass is 1750 g/mol. The number of rotatable bonds is 7. The predicted octanol–water partition coefficient (Wildman–Crippen LogP) is 27.5. The fraction of sp³-hybridized carbons (Fsp3) is 0.947. The third-order valence-electron chi connectivity index (χ3n) is 30.1. The largest absolute Gasteiger partial charge is 0.383 e. The molecule has 9 atom stereocenters. The van der Waals surface area contributed by atoms with Crippen LogP contribution in [-0.4, -0.2) is 246 Å². The summed E-state index contributed by atoms with van der Waals surface area (Å²) in [4.78, 5) is 23.4. The van der Waals surface area contributed by atoms with Crippen molar-refractivity contribution in [2.75, 3.05) is 132 Å². The maximum absolute atomic E-state index is 5.21. The average Bonchev–Trinajstić information content (AvgIpc) is 1.73. The van der Waals surface area contributed by atoms with Crippen LogP contribution in [0.25, 0.3) is 0 Å². The summed E-state index contributed by atoms with van der Waals surface area (Å²) in [6.07, 6.45) is 40.7. The summed E-state index contributed by atoms with van der Waals surface area (Å²) < 4.78 is 5.21. The van der Waals surface area contributed by atoms with Crippen molar-refractivity contribution in [1.82, 2.24) is 54.7 Å². The maximum atomic E-state index is 5.21. The molecule has 125 heavy (non-hydrogen) atoms. The van der Waals surface area contributed by atoms with E-state index in [1.807, 2.05) is 0 Å². The lowest BCUT2D eigenvalue weighted by atomic mass is 9.82. The summed E-state index contributed by atoms with van der Waals surface area (Å²) >= 11 is 0. The molecule has 8 unspecified atom stereocenters. The Morgan fingerprint density at radius 1 is 0.320 bits per heavy atom. The van der Waals surface area contributed by atoms with Crippen molar-refractivity contribution >= 4 is 0 Å². The molecule has 1 aromatic carbocycles. The SMILES string of the molecule is CC(C)(C)C1CCCCN1.CC(C)(C)C1CCCN1.CC(C)(C)C1CCCN1CC1CCCCC1.CC(C)(C)C1CCCN1Cc1ccccc1.CC(C)(C)N1CCCC1.CC(C)(C)N1CCCCC1.CC1CCCN(C(C)(C)C)C1.CC1CCN(C(C)(C)C)C1.CCC1CCCN(C(C)(C)C)C1.CN1CCCC1C(C)(C)C.COC[C@H]1CCCN1C(C)(C)C. The van der Waals surface area contributed by atoms with Gasteiger partial charge in [-0.15, -0.1) is 0 Å². The zero-order chi connectivity index (χ0) is 94.6. The minimum Gasteiger partial charge on any atom is -0.383 e. The van der Waals surface area contributed by atoms with Gasteiger partial charge in [0.15, 0.2) is 0 Å². The number of ether oxygens (including phenoxy) is 1. The van der Waals surface area contributed by atoms with Gasteiger partial charge in [-0.3, -0.25) is 39.2 Å². The number of hydrogen-bond acceptors (Lipinski definition) is 12. The molecule has 12 nitrogen and oxygen atoms in total. The molecule has 2 N–H and O–H groups in total. The highest BCUT2D eigenvalue weighted by Gasteiger charge is 2.39. The van der Waals surface area contributed by atoms with Crippen LogP contribution in [0.1, 0.15) is 441 Å². The van der Waals surface area contributed by atoms with Crippen LogP contribution in [0.4, 0.5) is 0 Å². The standard InChI is InChI=1S/C15H29N.C15H23N.C11H23N.C10H21NO.C10H21N.4C9H19N.2C8H17N/c2*1-15(2,3)14-10-7-11-16(14)12-13-8-5-4-6-9-13;1-5-10-7-6-8-12(9-10)11(2,3)4;1-10(2,3)11-7-5-6-9(11)8-12-4;1-9-6-5-7-11(8-9)10(2,3)4;1-8-5-6-10(7-8)9(2,3)4;1-9(2,3)8-6-5-7-10(8)4;1-9(2,3)10-7-5-4-6-8-10;1-9(2,3)8-6-4-5-7-10-8;1-8(2,3)9-6-4-5-7-9;1-8(2,3)7-5-4-6-9-7/h13-14H,4-12H2,1-3H3;4-6,8-9,14H,7,10-12H2,1-3H3;10H,5-9H2,1-4H3;9H,5-8H2,1-4H3;9H,5-8H2,1-4H3;2*8H,5-7H2,1-4H3;4-8H2,1-3H3;8,10H,4-7H2,1-3H3;4-7H2,1-3H3;7,9H,4-6H2,1-3H3/t;;;9-;;;;;;;/m...1......./s1. The molecular formula is C113H227N11O. The van der Waals surface area contributed by atoms with E-state index in [4.69, 9.17) is 4.74 Å². The molecule has 1 aliphatic carbocycles. The Labute approximate surface area is 785 Å². The van der Waals surface area contributed by atoms with Crippen molar-refractivity contribution in [3.8, 4) is 0 Å². The topological polar surface area (TPSA) is 62.5 Å². The summed E-state index contributed by atoms with van der Waals surface area (Å²) in [5, 5.41) is 7.06.